The van der Waals surface area contributed by atoms with Crippen LogP contribution in [0, 0.1) is 0 Å². The van der Waals surface area contributed by atoms with Gasteiger partial charge in [0.2, 0.25) is 0 Å². The molecule has 0 saturated heterocycles. The number of aromatic nitrogens is 4. The molecule has 3 rings (SSSR count). The van der Waals surface area contributed by atoms with Gasteiger partial charge >= 0.3 is 0 Å². The quantitative estimate of drug-likeness (QED) is 0.778. The first kappa shape index (κ1) is 16.3. The molecule has 6 nitrogen and oxygen atoms in total. The van der Waals surface area contributed by atoms with E-state index in [1.807, 2.05) is 39.1 Å². The first-order valence-corrected chi connectivity index (χ1v) is 7.96. The number of nitrogens with two attached hydrogens (primary N) is 1. The van der Waals surface area contributed by atoms with Gasteiger partial charge in [0.15, 0.2) is 5.82 Å². The lowest BCUT2D eigenvalue weighted by Crippen LogP contribution is -2.36. The second-order valence-corrected chi connectivity index (χ2v) is 6.66. The number of hydrogen-bond acceptors (Lipinski definition) is 6. The molecule has 0 atom stereocenters. The van der Waals surface area contributed by atoms with E-state index in [1.54, 1.807) is 24.8 Å². The molecule has 2 N–H and O–H groups in total. The Labute approximate surface area is 141 Å². The maximum absolute atomic E-state index is 6.12. The zero-order valence-corrected chi connectivity index (χ0v) is 14.3. The summed E-state index contributed by atoms with van der Waals surface area (Å²) in [6.45, 7) is 4.88. The molecule has 3 aromatic heterocycles. The van der Waals surface area contributed by atoms with Gasteiger partial charge in [-0.1, -0.05) is 0 Å². The monoisotopic (exact) mass is 322 g/mol. The molecule has 0 aliphatic rings. The van der Waals surface area contributed by atoms with E-state index in [0.29, 0.717) is 5.82 Å². The molecule has 0 saturated carbocycles. The maximum Gasteiger partial charge on any atom is 0.162 e. The molecular formula is C18H22N6. The van der Waals surface area contributed by atoms with Gasteiger partial charge in [0.1, 0.15) is 5.82 Å². The van der Waals surface area contributed by atoms with Crippen LogP contribution in [0.1, 0.15) is 20.3 Å². The molecule has 3 aromatic rings. The first-order valence-electron chi connectivity index (χ1n) is 7.96. The van der Waals surface area contributed by atoms with Crippen LogP contribution in [0.5, 0.6) is 0 Å². The lowest BCUT2D eigenvalue weighted by atomic mass is 10.0. The van der Waals surface area contributed by atoms with Crippen molar-refractivity contribution in [1.29, 1.82) is 0 Å². The third kappa shape index (κ3) is 3.65. The second kappa shape index (κ2) is 6.49. The first-order chi connectivity index (χ1) is 11.4. The number of rotatable bonds is 5. The molecule has 124 valence electrons. The zero-order valence-electron chi connectivity index (χ0n) is 14.3. The lowest BCUT2D eigenvalue weighted by molar-refractivity contribution is 0.478. The Morgan fingerprint density at radius 3 is 2.46 bits per heavy atom. The van der Waals surface area contributed by atoms with Gasteiger partial charge in [-0.05, 0) is 38.5 Å². The van der Waals surface area contributed by atoms with Gasteiger partial charge in [0.25, 0.3) is 0 Å². The molecule has 0 fully saturated rings. The number of anilines is 1. The van der Waals surface area contributed by atoms with Gasteiger partial charge in [-0.3, -0.25) is 9.97 Å². The minimum Gasteiger partial charge on any atom is -0.359 e. The Hall–Kier alpha value is -2.60. The highest BCUT2D eigenvalue weighted by molar-refractivity contribution is 5.90. The van der Waals surface area contributed by atoms with E-state index in [-0.39, 0.29) is 5.54 Å². The van der Waals surface area contributed by atoms with Crippen LogP contribution in [-0.2, 0) is 0 Å². The highest BCUT2D eigenvalue weighted by atomic mass is 15.2. The molecule has 0 spiro atoms. The molecule has 0 bridgehead atoms. The normalized spacial score (nSPS) is 11.7. The van der Waals surface area contributed by atoms with E-state index in [4.69, 9.17) is 10.7 Å². The molecular weight excluding hydrogens is 300 g/mol. The Morgan fingerprint density at radius 2 is 1.75 bits per heavy atom. The topological polar surface area (TPSA) is 80.8 Å². The molecule has 0 unspecified atom stereocenters. The van der Waals surface area contributed by atoms with Gasteiger partial charge in [-0.25, -0.2) is 9.97 Å². The van der Waals surface area contributed by atoms with Crippen LogP contribution in [0.2, 0.25) is 0 Å². The molecule has 24 heavy (non-hydrogen) atoms. The zero-order chi connectivity index (χ0) is 17.2. The third-order valence-corrected chi connectivity index (χ3v) is 3.87. The van der Waals surface area contributed by atoms with Crippen LogP contribution < -0.4 is 10.6 Å². The van der Waals surface area contributed by atoms with E-state index in [2.05, 4.69) is 19.9 Å². The number of hydrogen-bond donors (Lipinski definition) is 1. The Kier molecular flexibility index (Phi) is 4.40. The maximum atomic E-state index is 6.12. The van der Waals surface area contributed by atoms with Gasteiger partial charge in [-0.2, -0.15) is 0 Å². The average molecular weight is 322 g/mol. The van der Waals surface area contributed by atoms with Crippen molar-refractivity contribution >= 4 is 16.7 Å². The molecule has 3 heterocycles. The smallest absolute Gasteiger partial charge is 0.162 e. The van der Waals surface area contributed by atoms with Gasteiger partial charge < -0.3 is 10.6 Å². The fourth-order valence-corrected chi connectivity index (χ4v) is 2.45. The SMILES string of the molecule is CN(CCC(C)(C)N)c1nc(-c2ccncc2)nc2cnccc12. The third-order valence-electron chi connectivity index (χ3n) is 3.87. The molecule has 0 aromatic carbocycles. The van der Waals surface area contributed by atoms with Gasteiger partial charge in [0, 0.05) is 48.7 Å². The summed E-state index contributed by atoms with van der Waals surface area (Å²) in [6.07, 6.45) is 7.89. The molecule has 0 radical (unpaired) electrons. The van der Waals surface area contributed by atoms with Crippen molar-refractivity contribution in [2.75, 3.05) is 18.5 Å². The van der Waals surface area contributed by atoms with Gasteiger partial charge in [0.05, 0.1) is 11.7 Å². The summed E-state index contributed by atoms with van der Waals surface area (Å²) in [6, 6.07) is 5.76. The number of pyridine rings is 2. The Morgan fingerprint density at radius 1 is 1.04 bits per heavy atom. The van der Waals surface area contributed by atoms with E-state index in [0.717, 1.165) is 35.2 Å². The Bertz CT molecular complexity index is 826. The summed E-state index contributed by atoms with van der Waals surface area (Å²) in [5.74, 6) is 1.56. The minimum atomic E-state index is -0.216. The van der Waals surface area contributed by atoms with E-state index < -0.39 is 0 Å². The van der Waals surface area contributed by atoms with Crippen molar-refractivity contribution < 1.29 is 0 Å². The van der Waals surface area contributed by atoms with Crippen LogP contribution in [0.25, 0.3) is 22.3 Å². The summed E-state index contributed by atoms with van der Waals surface area (Å²) in [7, 11) is 2.03. The Balaban J connectivity index is 2.05. The lowest BCUT2D eigenvalue weighted by Gasteiger charge is -2.25. The second-order valence-electron chi connectivity index (χ2n) is 6.66. The number of nitrogens with zero attached hydrogens (tertiary/aromatic N) is 5. The van der Waals surface area contributed by atoms with Crippen molar-refractivity contribution in [3.05, 3.63) is 43.0 Å². The predicted octanol–water partition coefficient (Wildman–Crippen LogP) is 2.65. The van der Waals surface area contributed by atoms with Crippen molar-refractivity contribution in [1.82, 2.24) is 19.9 Å². The van der Waals surface area contributed by atoms with Crippen LogP contribution in [0.4, 0.5) is 5.82 Å². The molecule has 0 amide bonds. The van der Waals surface area contributed by atoms with Crippen LogP contribution >= 0.6 is 0 Å². The van der Waals surface area contributed by atoms with Crippen LogP contribution in [0.3, 0.4) is 0 Å². The average Bonchev–Trinajstić information content (AvgIpc) is 2.59. The highest BCUT2D eigenvalue weighted by Gasteiger charge is 2.16. The van der Waals surface area contributed by atoms with Gasteiger partial charge in [-0.15, -0.1) is 0 Å². The largest absolute Gasteiger partial charge is 0.359 e. The fraction of sp³-hybridized carbons (Fsp3) is 0.333. The fourth-order valence-electron chi connectivity index (χ4n) is 2.45. The molecule has 6 heteroatoms. The van der Waals surface area contributed by atoms with E-state index >= 15 is 0 Å². The summed E-state index contributed by atoms with van der Waals surface area (Å²) in [5, 5.41) is 0.986. The summed E-state index contributed by atoms with van der Waals surface area (Å²) < 4.78 is 0. The summed E-state index contributed by atoms with van der Waals surface area (Å²) >= 11 is 0. The van der Waals surface area contributed by atoms with Crippen molar-refractivity contribution in [2.24, 2.45) is 5.73 Å². The van der Waals surface area contributed by atoms with Crippen LogP contribution in [-0.4, -0.2) is 39.1 Å². The minimum absolute atomic E-state index is 0.216. The number of fused-ring (bicyclic) bond motifs is 1. The summed E-state index contributed by atoms with van der Waals surface area (Å²) in [5.41, 5.74) is 7.67. The van der Waals surface area contributed by atoms with Crippen LogP contribution in [0.15, 0.2) is 43.0 Å². The molecule has 0 aliphatic carbocycles. The predicted molar refractivity (Wildman–Crippen MR) is 96.7 cm³/mol. The van der Waals surface area contributed by atoms with E-state index in [1.165, 1.54) is 0 Å². The van der Waals surface area contributed by atoms with Crippen molar-refractivity contribution in [2.45, 2.75) is 25.8 Å². The van der Waals surface area contributed by atoms with Crippen molar-refractivity contribution in [3.8, 4) is 11.4 Å². The highest BCUT2D eigenvalue weighted by Crippen LogP contribution is 2.26. The molecule has 0 aliphatic heterocycles. The summed E-state index contributed by atoms with van der Waals surface area (Å²) in [4.78, 5) is 19.8. The van der Waals surface area contributed by atoms with Crippen molar-refractivity contribution in [3.63, 3.8) is 0 Å². The standard InChI is InChI=1S/C18H22N6/c1-18(2,19)7-11-24(3)17-14-6-10-21-12-15(14)22-16(23-17)13-4-8-20-9-5-13/h4-6,8-10,12H,7,11,19H2,1-3H3. The van der Waals surface area contributed by atoms with E-state index in [9.17, 15) is 0 Å².